The van der Waals surface area contributed by atoms with E-state index in [1.54, 1.807) is 0 Å². The van der Waals surface area contributed by atoms with Crippen LogP contribution < -0.4 is 10.1 Å². The monoisotopic (exact) mass is 281 g/mol. The van der Waals surface area contributed by atoms with E-state index in [1.807, 2.05) is 48.5 Å². The van der Waals surface area contributed by atoms with E-state index in [0.717, 1.165) is 48.6 Å². The standard InChI is InChI=1S/C18H19NO2/c20-18(13-9-11-19-12-10-13)14-5-1-3-7-16(14)21-17-8-4-2-6-15(17)18/h1-8,13,19-20H,9-12H2. The Hall–Kier alpha value is -1.84. The number of aliphatic hydroxyl groups is 1. The van der Waals surface area contributed by atoms with Gasteiger partial charge < -0.3 is 15.2 Å². The van der Waals surface area contributed by atoms with Crippen LogP contribution in [0.25, 0.3) is 0 Å². The third-order valence-electron chi connectivity index (χ3n) is 4.75. The first-order valence-electron chi connectivity index (χ1n) is 7.60. The molecule has 0 saturated carbocycles. The van der Waals surface area contributed by atoms with E-state index < -0.39 is 5.60 Å². The molecule has 0 unspecified atom stereocenters. The molecular weight excluding hydrogens is 262 g/mol. The highest BCUT2D eigenvalue weighted by Crippen LogP contribution is 2.51. The Balaban J connectivity index is 1.92. The Bertz CT molecular complexity index is 616. The van der Waals surface area contributed by atoms with Crippen molar-refractivity contribution < 1.29 is 9.84 Å². The summed E-state index contributed by atoms with van der Waals surface area (Å²) in [6.07, 6.45) is 1.94. The van der Waals surface area contributed by atoms with Crippen LogP contribution in [0.3, 0.4) is 0 Å². The molecule has 1 saturated heterocycles. The molecule has 2 heterocycles. The Labute approximate surface area is 124 Å². The first-order valence-corrected chi connectivity index (χ1v) is 7.60. The van der Waals surface area contributed by atoms with Crippen molar-refractivity contribution in [1.29, 1.82) is 0 Å². The molecule has 0 aliphatic carbocycles. The molecule has 108 valence electrons. The Morgan fingerprint density at radius 2 is 1.43 bits per heavy atom. The summed E-state index contributed by atoms with van der Waals surface area (Å²) in [5.41, 5.74) is 0.847. The molecule has 0 radical (unpaired) electrons. The van der Waals surface area contributed by atoms with Crippen LogP contribution in [0.15, 0.2) is 48.5 Å². The van der Waals surface area contributed by atoms with E-state index in [4.69, 9.17) is 4.74 Å². The van der Waals surface area contributed by atoms with Crippen LogP contribution in [-0.4, -0.2) is 18.2 Å². The van der Waals surface area contributed by atoms with Gasteiger partial charge in [-0.2, -0.15) is 0 Å². The number of hydrogen-bond acceptors (Lipinski definition) is 3. The van der Waals surface area contributed by atoms with Crippen LogP contribution in [0.2, 0.25) is 0 Å². The summed E-state index contributed by atoms with van der Waals surface area (Å²) < 4.78 is 5.99. The minimum Gasteiger partial charge on any atom is -0.457 e. The molecule has 2 aliphatic heterocycles. The van der Waals surface area contributed by atoms with Gasteiger partial charge in [0.25, 0.3) is 0 Å². The Morgan fingerprint density at radius 1 is 0.905 bits per heavy atom. The molecule has 0 aromatic heterocycles. The lowest BCUT2D eigenvalue weighted by Crippen LogP contribution is -2.44. The van der Waals surface area contributed by atoms with Crippen LogP contribution in [-0.2, 0) is 5.60 Å². The van der Waals surface area contributed by atoms with Gasteiger partial charge in [0.05, 0.1) is 0 Å². The summed E-state index contributed by atoms with van der Waals surface area (Å²) in [5, 5.41) is 15.1. The zero-order valence-corrected chi connectivity index (χ0v) is 11.9. The quantitative estimate of drug-likeness (QED) is 0.844. The first-order chi connectivity index (χ1) is 10.3. The largest absolute Gasteiger partial charge is 0.457 e. The minimum atomic E-state index is -0.951. The normalized spacial score (nSPS) is 20.2. The van der Waals surface area contributed by atoms with Crippen molar-refractivity contribution in [3.8, 4) is 11.5 Å². The van der Waals surface area contributed by atoms with Crippen LogP contribution in [0, 0.1) is 5.92 Å². The van der Waals surface area contributed by atoms with Crippen molar-refractivity contribution in [2.75, 3.05) is 13.1 Å². The maximum atomic E-state index is 11.7. The first kappa shape index (κ1) is 12.9. The molecule has 0 spiro atoms. The smallest absolute Gasteiger partial charge is 0.133 e. The number of benzene rings is 2. The van der Waals surface area contributed by atoms with Gasteiger partial charge in [-0.1, -0.05) is 36.4 Å². The Kier molecular flexibility index (Phi) is 2.98. The van der Waals surface area contributed by atoms with Gasteiger partial charge in [0.2, 0.25) is 0 Å². The number of ether oxygens (including phenoxy) is 1. The summed E-state index contributed by atoms with van der Waals surface area (Å²) >= 11 is 0. The maximum Gasteiger partial charge on any atom is 0.133 e. The lowest BCUT2D eigenvalue weighted by Gasteiger charge is -2.43. The van der Waals surface area contributed by atoms with Crippen molar-refractivity contribution >= 4 is 0 Å². The van der Waals surface area contributed by atoms with Gasteiger partial charge in [-0.05, 0) is 44.0 Å². The van der Waals surface area contributed by atoms with Gasteiger partial charge in [0.1, 0.15) is 17.1 Å². The molecule has 1 fully saturated rings. The number of nitrogens with one attached hydrogen (secondary N) is 1. The number of fused-ring (bicyclic) bond motifs is 2. The molecule has 4 rings (SSSR count). The second-order valence-electron chi connectivity index (χ2n) is 5.89. The van der Waals surface area contributed by atoms with Gasteiger partial charge in [0, 0.05) is 11.1 Å². The summed E-state index contributed by atoms with van der Waals surface area (Å²) in [6, 6.07) is 15.7. The lowest BCUT2D eigenvalue weighted by atomic mass is 9.71. The average Bonchev–Trinajstić information content (AvgIpc) is 2.56. The van der Waals surface area contributed by atoms with Crippen LogP contribution in [0.5, 0.6) is 11.5 Å². The molecule has 2 aromatic rings. The SMILES string of the molecule is OC1(C2CCNCC2)c2ccccc2Oc2ccccc21. The number of hydrogen-bond donors (Lipinski definition) is 2. The van der Waals surface area contributed by atoms with E-state index in [9.17, 15) is 5.11 Å². The van der Waals surface area contributed by atoms with E-state index >= 15 is 0 Å². The predicted molar refractivity (Wildman–Crippen MR) is 81.6 cm³/mol. The van der Waals surface area contributed by atoms with E-state index in [0.29, 0.717) is 0 Å². The van der Waals surface area contributed by atoms with E-state index in [1.165, 1.54) is 0 Å². The van der Waals surface area contributed by atoms with Crippen molar-refractivity contribution in [3.05, 3.63) is 59.7 Å². The molecular formula is C18H19NO2. The average molecular weight is 281 g/mol. The van der Waals surface area contributed by atoms with Crippen LogP contribution in [0.1, 0.15) is 24.0 Å². The van der Waals surface area contributed by atoms with Gasteiger partial charge in [0.15, 0.2) is 0 Å². The molecule has 21 heavy (non-hydrogen) atoms. The summed E-state index contributed by atoms with van der Waals surface area (Å²) in [7, 11) is 0. The van der Waals surface area contributed by atoms with Crippen molar-refractivity contribution in [2.45, 2.75) is 18.4 Å². The summed E-state index contributed by atoms with van der Waals surface area (Å²) in [6.45, 7) is 1.91. The van der Waals surface area contributed by atoms with Crippen LogP contribution >= 0.6 is 0 Å². The predicted octanol–water partition coefficient (Wildman–Crippen LogP) is 3.03. The van der Waals surface area contributed by atoms with Gasteiger partial charge in [-0.3, -0.25) is 0 Å². The van der Waals surface area contributed by atoms with Crippen molar-refractivity contribution in [1.82, 2.24) is 5.32 Å². The number of piperidine rings is 1. The molecule has 0 atom stereocenters. The molecule has 2 N–H and O–H groups in total. The third kappa shape index (κ3) is 1.88. The van der Waals surface area contributed by atoms with Crippen LogP contribution in [0.4, 0.5) is 0 Å². The maximum absolute atomic E-state index is 11.7. The molecule has 3 nitrogen and oxygen atoms in total. The zero-order chi connectivity index (χ0) is 14.3. The summed E-state index contributed by atoms with van der Waals surface area (Å²) in [5.74, 6) is 1.76. The number of rotatable bonds is 1. The second kappa shape index (κ2) is 4.86. The van der Waals surface area contributed by atoms with E-state index in [-0.39, 0.29) is 5.92 Å². The highest BCUT2D eigenvalue weighted by molar-refractivity contribution is 5.56. The molecule has 2 aliphatic rings. The van der Waals surface area contributed by atoms with Gasteiger partial charge in [-0.15, -0.1) is 0 Å². The minimum absolute atomic E-state index is 0.213. The van der Waals surface area contributed by atoms with Gasteiger partial charge in [-0.25, -0.2) is 0 Å². The highest BCUT2D eigenvalue weighted by atomic mass is 16.5. The fraction of sp³-hybridized carbons (Fsp3) is 0.333. The lowest BCUT2D eigenvalue weighted by molar-refractivity contribution is -0.00539. The third-order valence-corrected chi connectivity index (χ3v) is 4.75. The molecule has 2 aromatic carbocycles. The fourth-order valence-electron chi connectivity index (χ4n) is 3.68. The summed E-state index contributed by atoms with van der Waals surface area (Å²) in [4.78, 5) is 0. The molecule has 0 bridgehead atoms. The molecule has 3 heteroatoms. The Morgan fingerprint density at radius 3 is 2.00 bits per heavy atom. The van der Waals surface area contributed by atoms with Crippen molar-refractivity contribution in [2.24, 2.45) is 5.92 Å². The van der Waals surface area contributed by atoms with E-state index in [2.05, 4.69) is 5.32 Å². The zero-order valence-electron chi connectivity index (χ0n) is 11.9. The van der Waals surface area contributed by atoms with Crippen molar-refractivity contribution in [3.63, 3.8) is 0 Å². The second-order valence-corrected chi connectivity index (χ2v) is 5.89. The number of para-hydroxylation sites is 2. The molecule has 0 amide bonds. The fourth-order valence-corrected chi connectivity index (χ4v) is 3.68. The van der Waals surface area contributed by atoms with Gasteiger partial charge >= 0.3 is 0 Å². The topological polar surface area (TPSA) is 41.5 Å². The highest BCUT2D eigenvalue weighted by Gasteiger charge is 2.46.